The van der Waals surface area contributed by atoms with E-state index in [1.54, 1.807) is 14.2 Å². The van der Waals surface area contributed by atoms with Crippen molar-refractivity contribution in [3.8, 4) is 11.5 Å². The number of benzene rings is 1. The molecule has 108 valence electrons. The van der Waals surface area contributed by atoms with Gasteiger partial charge in [-0.05, 0) is 46.7 Å². The molecule has 0 aliphatic carbocycles. The van der Waals surface area contributed by atoms with E-state index < -0.39 is 0 Å². The van der Waals surface area contributed by atoms with Crippen LogP contribution in [0.5, 0.6) is 11.5 Å². The molecule has 0 spiro atoms. The smallest absolute Gasteiger partial charge is 0.169 e. The van der Waals surface area contributed by atoms with Crippen molar-refractivity contribution < 1.29 is 13.9 Å². The van der Waals surface area contributed by atoms with E-state index in [4.69, 9.17) is 13.9 Å². The summed E-state index contributed by atoms with van der Waals surface area (Å²) >= 11 is 3.34. The van der Waals surface area contributed by atoms with E-state index in [0.29, 0.717) is 4.67 Å². The van der Waals surface area contributed by atoms with Gasteiger partial charge in [0.1, 0.15) is 17.3 Å². The summed E-state index contributed by atoms with van der Waals surface area (Å²) in [6.45, 7) is 2.87. The lowest BCUT2D eigenvalue weighted by Gasteiger charge is -2.19. The summed E-state index contributed by atoms with van der Waals surface area (Å²) in [5.74, 6) is 2.37. The Morgan fingerprint density at radius 2 is 2.00 bits per heavy atom. The molecule has 0 aliphatic heterocycles. The van der Waals surface area contributed by atoms with Gasteiger partial charge in [-0.1, -0.05) is 6.92 Å². The third-order valence-corrected chi connectivity index (χ3v) is 3.46. The number of hydrogen-bond donors (Lipinski definition) is 1. The number of halogens is 1. The van der Waals surface area contributed by atoms with Crippen LogP contribution in [0.2, 0.25) is 0 Å². The van der Waals surface area contributed by atoms with Crippen LogP contribution < -0.4 is 14.8 Å². The Balaban J connectivity index is 2.43. The van der Waals surface area contributed by atoms with Gasteiger partial charge in [0.2, 0.25) is 0 Å². The Labute approximate surface area is 127 Å². The number of furan rings is 1. The summed E-state index contributed by atoms with van der Waals surface area (Å²) in [4.78, 5) is 0. The van der Waals surface area contributed by atoms with Gasteiger partial charge in [-0.2, -0.15) is 0 Å². The third kappa shape index (κ3) is 3.16. The molecule has 1 heterocycles. The predicted molar refractivity (Wildman–Crippen MR) is 81.5 cm³/mol. The maximum absolute atomic E-state index is 5.68. The first kappa shape index (κ1) is 14.9. The van der Waals surface area contributed by atoms with Crippen LogP contribution in [0.25, 0.3) is 0 Å². The molecule has 1 aromatic heterocycles. The van der Waals surface area contributed by atoms with E-state index in [-0.39, 0.29) is 6.04 Å². The maximum atomic E-state index is 5.68. The number of ether oxygens (including phenoxy) is 2. The predicted octanol–water partition coefficient (Wildman–Crippen LogP) is 3.76. The minimum Gasteiger partial charge on any atom is -0.497 e. The maximum Gasteiger partial charge on any atom is 0.169 e. The van der Waals surface area contributed by atoms with Crippen LogP contribution in [0, 0.1) is 0 Å². The molecule has 0 amide bonds. The molecule has 5 heteroatoms. The normalized spacial score (nSPS) is 12.2. The molecule has 0 bridgehead atoms. The zero-order valence-corrected chi connectivity index (χ0v) is 13.4. The van der Waals surface area contributed by atoms with E-state index in [1.807, 2.05) is 30.3 Å². The molecule has 1 unspecified atom stereocenters. The van der Waals surface area contributed by atoms with E-state index in [2.05, 4.69) is 28.2 Å². The van der Waals surface area contributed by atoms with Crippen molar-refractivity contribution in [2.45, 2.75) is 13.0 Å². The Hall–Kier alpha value is -1.46. The van der Waals surface area contributed by atoms with Crippen LogP contribution in [0.1, 0.15) is 24.3 Å². The van der Waals surface area contributed by atoms with E-state index in [9.17, 15) is 0 Å². The number of methoxy groups -OCH3 is 2. The molecule has 2 aromatic rings. The Kier molecular flexibility index (Phi) is 5.09. The largest absolute Gasteiger partial charge is 0.497 e. The van der Waals surface area contributed by atoms with Gasteiger partial charge in [-0.3, -0.25) is 0 Å². The molecule has 0 saturated heterocycles. The average molecular weight is 340 g/mol. The average Bonchev–Trinajstić information content (AvgIpc) is 2.90. The highest BCUT2D eigenvalue weighted by Gasteiger charge is 2.21. The van der Waals surface area contributed by atoms with E-state index >= 15 is 0 Å². The zero-order chi connectivity index (χ0) is 14.5. The number of hydrogen-bond acceptors (Lipinski definition) is 4. The molecule has 0 fully saturated rings. The van der Waals surface area contributed by atoms with E-state index in [0.717, 1.165) is 29.4 Å². The monoisotopic (exact) mass is 339 g/mol. The Bertz CT molecular complexity index is 568. The fourth-order valence-corrected chi connectivity index (χ4v) is 2.43. The van der Waals surface area contributed by atoms with Crippen molar-refractivity contribution in [1.29, 1.82) is 0 Å². The van der Waals surface area contributed by atoms with Crippen LogP contribution in [-0.4, -0.2) is 20.8 Å². The molecule has 20 heavy (non-hydrogen) atoms. The SMILES string of the molecule is CCNC(c1ccc(Br)o1)c1ccc(OC)cc1OC. The summed E-state index contributed by atoms with van der Waals surface area (Å²) in [6.07, 6.45) is 0. The second-order valence-corrected chi connectivity index (χ2v) is 5.02. The highest BCUT2D eigenvalue weighted by atomic mass is 79.9. The topological polar surface area (TPSA) is 43.6 Å². The molecule has 1 aromatic carbocycles. The quantitative estimate of drug-likeness (QED) is 0.870. The Morgan fingerprint density at radius 1 is 1.20 bits per heavy atom. The molecule has 0 aliphatic rings. The molecule has 0 saturated carbocycles. The van der Waals surface area contributed by atoms with Gasteiger partial charge < -0.3 is 19.2 Å². The lowest BCUT2D eigenvalue weighted by Crippen LogP contribution is -2.22. The van der Waals surface area contributed by atoms with Crippen molar-refractivity contribution in [2.24, 2.45) is 0 Å². The van der Waals surface area contributed by atoms with Crippen molar-refractivity contribution in [2.75, 3.05) is 20.8 Å². The molecule has 0 radical (unpaired) electrons. The highest BCUT2D eigenvalue weighted by molar-refractivity contribution is 9.10. The van der Waals surface area contributed by atoms with Gasteiger partial charge in [0.25, 0.3) is 0 Å². The summed E-state index contributed by atoms with van der Waals surface area (Å²) in [5.41, 5.74) is 1.01. The minimum atomic E-state index is -0.0628. The van der Waals surface area contributed by atoms with Gasteiger partial charge in [0.05, 0.1) is 20.3 Å². The van der Waals surface area contributed by atoms with Crippen LogP contribution in [-0.2, 0) is 0 Å². The summed E-state index contributed by atoms with van der Waals surface area (Å²) in [7, 11) is 3.29. The first-order valence-corrected chi connectivity index (χ1v) is 7.19. The van der Waals surface area contributed by atoms with Crippen molar-refractivity contribution in [3.05, 3.63) is 46.3 Å². The van der Waals surface area contributed by atoms with Crippen molar-refractivity contribution in [1.82, 2.24) is 5.32 Å². The molecule has 2 rings (SSSR count). The van der Waals surface area contributed by atoms with Crippen LogP contribution >= 0.6 is 15.9 Å². The number of rotatable bonds is 6. The molecular weight excluding hydrogens is 322 g/mol. The third-order valence-electron chi connectivity index (χ3n) is 3.04. The van der Waals surface area contributed by atoms with Gasteiger partial charge in [-0.15, -0.1) is 0 Å². The fourth-order valence-electron chi connectivity index (χ4n) is 2.11. The van der Waals surface area contributed by atoms with Crippen LogP contribution in [0.3, 0.4) is 0 Å². The molecule has 1 atom stereocenters. The lowest BCUT2D eigenvalue weighted by molar-refractivity contribution is 0.380. The standard InChI is InChI=1S/C15H18BrNO3/c1-4-17-15(12-7-8-14(16)20-12)11-6-5-10(18-2)9-13(11)19-3/h5-9,15,17H,4H2,1-3H3. The van der Waals surface area contributed by atoms with Gasteiger partial charge in [-0.25, -0.2) is 0 Å². The van der Waals surface area contributed by atoms with Crippen LogP contribution in [0.15, 0.2) is 39.4 Å². The van der Waals surface area contributed by atoms with Crippen molar-refractivity contribution in [3.63, 3.8) is 0 Å². The summed E-state index contributed by atoms with van der Waals surface area (Å²) in [5, 5.41) is 3.41. The van der Waals surface area contributed by atoms with Crippen molar-refractivity contribution >= 4 is 15.9 Å². The lowest BCUT2D eigenvalue weighted by atomic mass is 10.0. The summed E-state index contributed by atoms with van der Waals surface area (Å²) in [6, 6.07) is 9.54. The first-order valence-electron chi connectivity index (χ1n) is 6.40. The minimum absolute atomic E-state index is 0.0628. The van der Waals surface area contributed by atoms with Gasteiger partial charge in [0.15, 0.2) is 4.67 Å². The highest BCUT2D eigenvalue weighted by Crippen LogP contribution is 2.34. The van der Waals surface area contributed by atoms with E-state index in [1.165, 1.54) is 0 Å². The zero-order valence-electron chi connectivity index (χ0n) is 11.8. The van der Waals surface area contributed by atoms with Gasteiger partial charge in [0, 0.05) is 11.6 Å². The van der Waals surface area contributed by atoms with Gasteiger partial charge >= 0.3 is 0 Å². The molecular formula is C15H18BrNO3. The Morgan fingerprint density at radius 3 is 2.55 bits per heavy atom. The second-order valence-electron chi connectivity index (χ2n) is 4.24. The second kappa shape index (κ2) is 6.81. The first-order chi connectivity index (χ1) is 9.69. The fraction of sp³-hybridized carbons (Fsp3) is 0.333. The molecule has 4 nitrogen and oxygen atoms in total. The summed E-state index contributed by atoms with van der Waals surface area (Å²) < 4.78 is 17.1. The number of nitrogens with one attached hydrogen (secondary N) is 1. The molecule has 1 N–H and O–H groups in total. The van der Waals surface area contributed by atoms with Crippen LogP contribution in [0.4, 0.5) is 0 Å².